The lowest BCUT2D eigenvalue weighted by Crippen LogP contribution is -2.67. The molecule has 0 N–H and O–H groups in total. The van der Waals surface area contributed by atoms with Crippen molar-refractivity contribution in [2.45, 2.75) is 39.3 Å². The third kappa shape index (κ3) is 2.50. The Balaban J connectivity index is 1.99. The van der Waals surface area contributed by atoms with Gasteiger partial charge in [0.05, 0.1) is 11.3 Å². The Hall–Kier alpha value is -2.70. The van der Waals surface area contributed by atoms with Gasteiger partial charge >= 0.3 is 5.97 Å². The highest BCUT2D eigenvalue weighted by Gasteiger charge is 2.60. The Labute approximate surface area is 151 Å². The van der Waals surface area contributed by atoms with Gasteiger partial charge in [0.1, 0.15) is 0 Å². The van der Waals surface area contributed by atoms with E-state index in [0.29, 0.717) is 11.3 Å². The smallest absolute Gasteiger partial charge is 0.354 e. The summed E-state index contributed by atoms with van der Waals surface area (Å²) < 4.78 is 5.28. The Morgan fingerprint density at radius 1 is 1.19 bits per heavy atom. The maximum atomic E-state index is 13.0. The van der Waals surface area contributed by atoms with E-state index in [0.717, 1.165) is 0 Å². The summed E-state index contributed by atoms with van der Waals surface area (Å²) in [7, 11) is 1.48. The third-order valence-electron chi connectivity index (χ3n) is 5.04. The third-order valence-corrected chi connectivity index (χ3v) is 5.04. The number of ether oxygens (including phenoxy) is 1. The van der Waals surface area contributed by atoms with Crippen LogP contribution in [-0.4, -0.2) is 47.8 Å². The highest BCUT2D eigenvalue weighted by Crippen LogP contribution is 2.44. The molecule has 26 heavy (non-hydrogen) atoms. The van der Waals surface area contributed by atoms with Crippen LogP contribution in [0.1, 0.15) is 44.0 Å². The van der Waals surface area contributed by atoms with Crippen LogP contribution >= 0.6 is 0 Å². The van der Waals surface area contributed by atoms with Gasteiger partial charge in [-0.1, -0.05) is 32.9 Å². The van der Waals surface area contributed by atoms with Gasteiger partial charge in [0, 0.05) is 25.3 Å². The zero-order valence-corrected chi connectivity index (χ0v) is 15.4. The van der Waals surface area contributed by atoms with Crippen LogP contribution < -0.4 is 4.90 Å². The number of hydrogen-bond donors (Lipinski definition) is 0. The van der Waals surface area contributed by atoms with Crippen LogP contribution in [0.5, 0.6) is 0 Å². The minimum absolute atomic E-state index is 0.119. The molecule has 0 aromatic heterocycles. The van der Waals surface area contributed by atoms with E-state index in [1.165, 1.54) is 16.8 Å². The molecule has 0 radical (unpaired) electrons. The van der Waals surface area contributed by atoms with Crippen molar-refractivity contribution in [3.8, 4) is 0 Å². The van der Waals surface area contributed by atoms with Crippen molar-refractivity contribution >= 4 is 29.3 Å². The summed E-state index contributed by atoms with van der Waals surface area (Å²) in [5.74, 6) is -1.60. The Bertz CT molecular complexity index is 810. The number of fused-ring (bicyclic) bond motifs is 3. The van der Waals surface area contributed by atoms with E-state index in [1.807, 2.05) is 0 Å². The molecule has 138 valence electrons. The molecule has 0 spiro atoms. The van der Waals surface area contributed by atoms with Crippen molar-refractivity contribution in [2.24, 2.45) is 5.41 Å². The summed E-state index contributed by atoms with van der Waals surface area (Å²) in [4.78, 5) is 53.0. The topological polar surface area (TPSA) is 84.0 Å². The average Bonchev–Trinajstić information content (AvgIpc) is 2.95. The summed E-state index contributed by atoms with van der Waals surface area (Å²) in [6, 6.07) is 6.69. The van der Waals surface area contributed by atoms with Crippen LogP contribution in [0.2, 0.25) is 0 Å². The zero-order chi connectivity index (χ0) is 19.3. The van der Waals surface area contributed by atoms with E-state index >= 15 is 0 Å². The van der Waals surface area contributed by atoms with Crippen molar-refractivity contribution in [3.05, 3.63) is 29.8 Å². The molecule has 0 bridgehead atoms. The molecule has 1 aromatic carbocycles. The molecule has 7 heteroatoms. The summed E-state index contributed by atoms with van der Waals surface area (Å²) in [6.45, 7) is 4.81. The fourth-order valence-electron chi connectivity index (χ4n) is 3.35. The molecule has 2 amide bonds. The number of benzene rings is 1. The highest BCUT2D eigenvalue weighted by atomic mass is 16.5. The number of nitrogens with zero attached hydrogens (tertiary/aromatic N) is 2. The standard InChI is InChI=1S/C19H22N2O5/c1-18(2,3)14(22)11-26-17(25)19-10-9-15(23)21(19)13-8-6-5-7-12(13)16(24)20(19)4/h5-8H,9-11H2,1-4H3/t19-/m1/s1. The molecule has 3 rings (SSSR count). The fraction of sp³-hybridized carbons (Fsp3) is 0.474. The molecule has 2 aliphatic heterocycles. The van der Waals surface area contributed by atoms with E-state index < -0.39 is 23.7 Å². The molecule has 1 aromatic rings. The lowest BCUT2D eigenvalue weighted by molar-refractivity contribution is -0.160. The van der Waals surface area contributed by atoms with E-state index in [9.17, 15) is 19.2 Å². The second kappa shape index (κ2) is 5.93. The van der Waals surface area contributed by atoms with Crippen molar-refractivity contribution in [1.82, 2.24) is 4.90 Å². The monoisotopic (exact) mass is 358 g/mol. The molecule has 2 heterocycles. The van der Waals surface area contributed by atoms with Gasteiger partial charge in [-0.05, 0) is 12.1 Å². The summed E-state index contributed by atoms with van der Waals surface area (Å²) >= 11 is 0. The van der Waals surface area contributed by atoms with Gasteiger partial charge in [0.15, 0.2) is 12.4 Å². The van der Waals surface area contributed by atoms with Crippen LogP contribution in [0.15, 0.2) is 24.3 Å². The molecule has 0 saturated carbocycles. The van der Waals surface area contributed by atoms with Crippen molar-refractivity contribution in [1.29, 1.82) is 0 Å². The van der Waals surface area contributed by atoms with Gasteiger partial charge in [-0.2, -0.15) is 0 Å². The molecule has 2 aliphatic rings. The fourth-order valence-corrected chi connectivity index (χ4v) is 3.35. The van der Waals surface area contributed by atoms with Gasteiger partial charge in [-0.25, -0.2) is 4.79 Å². The first-order valence-electron chi connectivity index (χ1n) is 8.51. The number of hydrogen-bond acceptors (Lipinski definition) is 5. The largest absolute Gasteiger partial charge is 0.455 e. The summed E-state index contributed by atoms with van der Waals surface area (Å²) in [5.41, 5.74) is -1.43. The highest BCUT2D eigenvalue weighted by molar-refractivity contribution is 6.15. The van der Waals surface area contributed by atoms with Gasteiger partial charge in [-0.15, -0.1) is 0 Å². The van der Waals surface area contributed by atoms with Gasteiger partial charge in [-0.3, -0.25) is 19.3 Å². The Morgan fingerprint density at radius 2 is 1.85 bits per heavy atom. The number of Topliss-reactive ketones (excluding diaryl/α,β-unsaturated/α-hetero) is 1. The number of esters is 1. The number of anilines is 1. The van der Waals surface area contributed by atoms with Crippen LogP contribution in [0.3, 0.4) is 0 Å². The molecule has 1 atom stereocenters. The second-order valence-electron chi connectivity index (χ2n) is 7.68. The van der Waals surface area contributed by atoms with E-state index in [-0.39, 0.29) is 30.4 Å². The van der Waals surface area contributed by atoms with Gasteiger partial charge in [0.2, 0.25) is 11.6 Å². The summed E-state index contributed by atoms with van der Waals surface area (Å²) in [5, 5.41) is 0. The summed E-state index contributed by atoms with van der Waals surface area (Å²) in [6.07, 6.45) is 0.249. The van der Waals surface area contributed by atoms with E-state index in [2.05, 4.69) is 0 Å². The Kier molecular flexibility index (Phi) is 4.13. The number of likely N-dealkylation sites (N-methyl/N-ethyl adjacent to an activating group) is 1. The van der Waals surface area contributed by atoms with E-state index in [1.54, 1.807) is 45.0 Å². The maximum Gasteiger partial charge on any atom is 0.354 e. The predicted molar refractivity (Wildman–Crippen MR) is 93.4 cm³/mol. The van der Waals surface area contributed by atoms with E-state index in [4.69, 9.17) is 4.74 Å². The van der Waals surface area contributed by atoms with Crippen LogP contribution in [0, 0.1) is 5.41 Å². The predicted octanol–water partition coefficient (Wildman–Crippen LogP) is 1.75. The number of carbonyl (C=O) groups excluding carboxylic acids is 4. The molecular formula is C19H22N2O5. The molecule has 1 fully saturated rings. The lowest BCUT2D eigenvalue weighted by atomic mass is 9.91. The Morgan fingerprint density at radius 3 is 2.50 bits per heavy atom. The van der Waals surface area contributed by atoms with Crippen LogP contribution in [0.25, 0.3) is 0 Å². The van der Waals surface area contributed by atoms with Crippen molar-refractivity contribution in [2.75, 3.05) is 18.6 Å². The number of para-hydroxylation sites is 1. The minimum atomic E-state index is -1.54. The van der Waals surface area contributed by atoms with Gasteiger partial charge in [0.25, 0.3) is 5.91 Å². The lowest BCUT2D eigenvalue weighted by Gasteiger charge is -2.46. The second-order valence-corrected chi connectivity index (χ2v) is 7.68. The molecule has 0 unspecified atom stereocenters. The molecule has 1 saturated heterocycles. The first-order chi connectivity index (χ1) is 12.1. The molecule has 0 aliphatic carbocycles. The van der Waals surface area contributed by atoms with Gasteiger partial charge < -0.3 is 9.64 Å². The normalized spacial score (nSPS) is 22.2. The number of ketones is 1. The van der Waals surface area contributed by atoms with Crippen molar-refractivity contribution in [3.63, 3.8) is 0 Å². The quantitative estimate of drug-likeness (QED) is 0.769. The molecule has 7 nitrogen and oxygen atoms in total. The van der Waals surface area contributed by atoms with Crippen LogP contribution in [0.4, 0.5) is 5.69 Å². The number of amides is 2. The van der Waals surface area contributed by atoms with Crippen LogP contribution in [-0.2, 0) is 19.1 Å². The SMILES string of the molecule is CN1C(=O)c2ccccc2N2C(=O)CC[C@@]12C(=O)OCC(=O)C(C)(C)C. The zero-order valence-electron chi connectivity index (χ0n) is 15.4. The maximum absolute atomic E-state index is 13.0. The average molecular weight is 358 g/mol. The first-order valence-corrected chi connectivity index (χ1v) is 8.51. The number of rotatable bonds is 3. The van der Waals surface area contributed by atoms with Crippen molar-refractivity contribution < 1.29 is 23.9 Å². The first kappa shape index (κ1) is 18.1. The molecular weight excluding hydrogens is 336 g/mol. The number of carbonyl (C=O) groups is 4. The minimum Gasteiger partial charge on any atom is -0.455 e.